The van der Waals surface area contributed by atoms with Gasteiger partial charge in [0, 0.05) is 22.6 Å². The van der Waals surface area contributed by atoms with Crippen LogP contribution in [0.3, 0.4) is 0 Å². The number of nitrogens with zero attached hydrogens (tertiary/aromatic N) is 4. The number of aliphatic imine (C=N–C) groups is 1. The SMILES string of the molecule is CC1=NC(c2ccc(CO)cc2)=C(C#N)C(c2ccc3[nH]ncc3c2)C1C#N. The highest BCUT2D eigenvalue weighted by Crippen LogP contribution is 2.41. The summed E-state index contributed by atoms with van der Waals surface area (Å²) in [6.07, 6.45) is 1.73. The van der Waals surface area contributed by atoms with E-state index < -0.39 is 11.8 Å². The molecule has 1 aliphatic heterocycles. The molecule has 0 saturated carbocycles. The number of nitriles is 2. The third kappa shape index (κ3) is 2.87. The van der Waals surface area contributed by atoms with E-state index in [1.807, 2.05) is 49.4 Å². The minimum Gasteiger partial charge on any atom is -0.392 e. The highest BCUT2D eigenvalue weighted by molar-refractivity contribution is 5.97. The Morgan fingerprint density at radius 1 is 1.14 bits per heavy atom. The maximum absolute atomic E-state index is 9.98. The molecule has 4 rings (SSSR count). The maximum atomic E-state index is 9.98. The lowest BCUT2D eigenvalue weighted by Gasteiger charge is -2.28. The van der Waals surface area contributed by atoms with Gasteiger partial charge in [-0.3, -0.25) is 10.1 Å². The molecule has 3 aromatic rings. The molecule has 0 amide bonds. The zero-order chi connectivity index (χ0) is 19.7. The molecule has 2 unspecified atom stereocenters. The van der Waals surface area contributed by atoms with E-state index in [4.69, 9.17) is 0 Å². The number of hydrogen-bond donors (Lipinski definition) is 2. The Kier molecular flexibility index (Phi) is 4.49. The molecular formula is C22H17N5O. The minimum absolute atomic E-state index is 0.0451. The van der Waals surface area contributed by atoms with Gasteiger partial charge < -0.3 is 5.11 Å². The van der Waals surface area contributed by atoms with E-state index in [1.165, 1.54) is 0 Å². The highest BCUT2D eigenvalue weighted by Gasteiger charge is 2.35. The van der Waals surface area contributed by atoms with Crippen LogP contribution < -0.4 is 0 Å². The van der Waals surface area contributed by atoms with Crippen molar-refractivity contribution in [1.82, 2.24) is 10.2 Å². The number of aromatic nitrogens is 2. The number of aliphatic hydroxyl groups is 1. The first kappa shape index (κ1) is 17.7. The first-order chi connectivity index (χ1) is 13.7. The van der Waals surface area contributed by atoms with Crippen LogP contribution in [0.2, 0.25) is 0 Å². The fraction of sp³-hybridized carbons (Fsp3) is 0.182. The van der Waals surface area contributed by atoms with Crippen molar-refractivity contribution in [3.05, 3.63) is 70.9 Å². The number of aliphatic hydroxyl groups excluding tert-OH is 1. The molecule has 0 fully saturated rings. The average Bonchev–Trinajstić information content (AvgIpc) is 3.20. The van der Waals surface area contributed by atoms with Crippen LogP contribution in [0.4, 0.5) is 0 Å². The van der Waals surface area contributed by atoms with Crippen LogP contribution in [0.25, 0.3) is 16.6 Å². The Hall–Kier alpha value is -3.74. The number of H-pyrrole nitrogens is 1. The molecule has 1 aromatic heterocycles. The summed E-state index contributed by atoms with van der Waals surface area (Å²) in [7, 11) is 0. The second-order valence-electron chi connectivity index (χ2n) is 6.78. The Bertz CT molecular complexity index is 1190. The lowest BCUT2D eigenvalue weighted by molar-refractivity contribution is 0.282. The van der Waals surface area contributed by atoms with Gasteiger partial charge >= 0.3 is 0 Å². The topological polar surface area (TPSA) is 109 Å². The van der Waals surface area contributed by atoms with E-state index in [2.05, 4.69) is 27.3 Å². The molecule has 6 heteroatoms. The molecule has 0 bridgehead atoms. The van der Waals surface area contributed by atoms with Gasteiger partial charge in [0.05, 0.1) is 47.6 Å². The monoisotopic (exact) mass is 367 g/mol. The van der Waals surface area contributed by atoms with Crippen molar-refractivity contribution in [3.8, 4) is 12.1 Å². The third-order valence-corrected chi connectivity index (χ3v) is 5.13. The average molecular weight is 367 g/mol. The van der Waals surface area contributed by atoms with Gasteiger partial charge in [-0.1, -0.05) is 30.3 Å². The number of rotatable bonds is 3. The van der Waals surface area contributed by atoms with E-state index in [1.54, 1.807) is 6.20 Å². The number of allylic oxidation sites excluding steroid dienone is 1. The molecule has 6 nitrogen and oxygen atoms in total. The fourth-order valence-electron chi connectivity index (χ4n) is 3.65. The van der Waals surface area contributed by atoms with Gasteiger partial charge in [-0.05, 0) is 30.2 Å². The molecule has 0 radical (unpaired) electrons. The summed E-state index contributed by atoms with van der Waals surface area (Å²) in [6.45, 7) is 1.78. The van der Waals surface area contributed by atoms with E-state index in [0.717, 1.165) is 27.6 Å². The normalized spacial score (nSPS) is 19.2. The summed E-state index contributed by atoms with van der Waals surface area (Å²) in [5.74, 6) is -0.918. The number of fused-ring (bicyclic) bond motifs is 1. The second-order valence-corrected chi connectivity index (χ2v) is 6.78. The summed E-state index contributed by atoms with van der Waals surface area (Å²) in [4.78, 5) is 4.61. The summed E-state index contributed by atoms with van der Waals surface area (Å²) in [5.41, 5.74) is 5.09. The molecule has 1 aliphatic rings. The Balaban J connectivity index is 1.91. The molecular weight excluding hydrogens is 350 g/mol. The molecule has 0 aliphatic carbocycles. The van der Waals surface area contributed by atoms with Gasteiger partial charge in [0.15, 0.2) is 0 Å². The molecule has 136 valence electrons. The summed E-state index contributed by atoms with van der Waals surface area (Å²) in [6, 6.07) is 17.8. The Morgan fingerprint density at radius 2 is 1.93 bits per heavy atom. The molecule has 28 heavy (non-hydrogen) atoms. The lowest BCUT2D eigenvalue weighted by Crippen LogP contribution is -2.24. The number of benzene rings is 2. The number of nitrogens with one attached hydrogen (secondary N) is 1. The highest BCUT2D eigenvalue weighted by atomic mass is 16.3. The lowest BCUT2D eigenvalue weighted by atomic mass is 9.76. The predicted molar refractivity (Wildman–Crippen MR) is 106 cm³/mol. The van der Waals surface area contributed by atoms with Crippen LogP contribution in [0.15, 0.2) is 59.2 Å². The minimum atomic E-state index is -0.514. The molecule has 2 aromatic carbocycles. The van der Waals surface area contributed by atoms with E-state index in [-0.39, 0.29) is 6.61 Å². The standard InChI is InChI=1S/C22H17N5O/c1-13-18(9-23)21(16-6-7-20-17(8-16)11-25-27-20)19(10-24)22(26-13)15-4-2-14(12-28)3-5-15/h2-8,11,18,21,28H,12H2,1H3,(H,25,27). The largest absolute Gasteiger partial charge is 0.392 e. The van der Waals surface area contributed by atoms with E-state index >= 15 is 0 Å². The summed E-state index contributed by atoms with van der Waals surface area (Å²) >= 11 is 0. The van der Waals surface area contributed by atoms with Crippen molar-refractivity contribution < 1.29 is 5.11 Å². The molecule has 2 atom stereocenters. The van der Waals surface area contributed by atoms with Crippen LogP contribution in [0.1, 0.15) is 29.5 Å². The van der Waals surface area contributed by atoms with Crippen molar-refractivity contribution in [2.75, 3.05) is 0 Å². The Labute approximate surface area is 162 Å². The first-order valence-corrected chi connectivity index (χ1v) is 8.88. The van der Waals surface area contributed by atoms with Gasteiger partial charge in [0.2, 0.25) is 0 Å². The zero-order valence-electron chi connectivity index (χ0n) is 15.2. The van der Waals surface area contributed by atoms with Crippen molar-refractivity contribution in [1.29, 1.82) is 10.5 Å². The van der Waals surface area contributed by atoms with Gasteiger partial charge in [-0.25, -0.2) is 0 Å². The van der Waals surface area contributed by atoms with Crippen molar-refractivity contribution in [3.63, 3.8) is 0 Å². The van der Waals surface area contributed by atoms with Gasteiger partial charge in [0.25, 0.3) is 0 Å². The van der Waals surface area contributed by atoms with Gasteiger partial charge in [-0.15, -0.1) is 0 Å². The predicted octanol–water partition coefficient (Wildman–Crippen LogP) is 3.69. The van der Waals surface area contributed by atoms with Crippen LogP contribution in [-0.4, -0.2) is 21.0 Å². The quantitative estimate of drug-likeness (QED) is 0.736. The molecule has 2 N–H and O–H groups in total. The smallest absolute Gasteiger partial charge is 0.0977 e. The number of hydrogen-bond acceptors (Lipinski definition) is 5. The molecule has 2 heterocycles. The maximum Gasteiger partial charge on any atom is 0.0977 e. The Morgan fingerprint density at radius 3 is 2.61 bits per heavy atom. The second kappa shape index (κ2) is 7.11. The molecule has 0 spiro atoms. The fourth-order valence-corrected chi connectivity index (χ4v) is 3.65. The molecule has 0 saturated heterocycles. The van der Waals surface area contributed by atoms with E-state index in [0.29, 0.717) is 17.0 Å². The van der Waals surface area contributed by atoms with Crippen molar-refractivity contribution in [2.45, 2.75) is 19.4 Å². The van der Waals surface area contributed by atoms with Gasteiger partial charge in [0.1, 0.15) is 0 Å². The van der Waals surface area contributed by atoms with E-state index in [9.17, 15) is 15.6 Å². The van der Waals surface area contributed by atoms with Crippen LogP contribution in [-0.2, 0) is 6.61 Å². The first-order valence-electron chi connectivity index (χ1n) is 8.88. The van der Waals surface area contributed by atoms with Gasteiger partial charge in [-0.2, -0.15) is 15.6 Å². The zero-order valence-corrected chi connectivity index (χ0v) is 15.2. The van der Waals surface area contributed by atoms with Crippen LogP contribution in [0, 0.1) is 28.6 Å². The summed E-state index contributed by atoms with van der Waals surface area (Å²) < 4.78 is 0. The number of aromatic amines is 1. The van der Waals surface area contributed by atoms with Crippen molar-refractivity contribution >= 4 is 22.3 Å². The summed E-state index contributed by atoms with van der Waals surface area (Å²) in [5, 5.41) is 36.9. The van der Waals surface area contributed by atoms with Crippen LogP contribution >= 0.6 is 0 Å². The van der Waals surface area contributed by atoms with Crippen LogP contribution in [0.5, 0.6) is 0 Å². The third-order valence-electron chi connectivity index (χ3n) is 5.13. The van der Waals surface area contributed by atoms with Crippen molar-refractivity contribution in [2.24, 2.45) is 10.9 Å².